The Balaban J connectivity index is 1.60. The van der Waals surface area contributed by atoms with Gasteiger partial charge in [0.05, 0.1) is 6.42 Å². The first kappa shape index (κ1) is 19.1. The zero-order valence-electron chi connectivity index (χ0n) is 15.4. The van der Waals surface area contributed by atoms with E-state index in [4.69, 9.17) is 5.73 Å². The highest BCUT2D eigenvalue weighted by Crippen LogP contribution is 2.19. The number of primary amides is 1. The van der Waals surface area contributed by atoms with Crippen molar-refractivity contribution in [2.45, 2.75) is 19.4 Å². The molecule has 0 aliphatic heterocycles. The molecular weight excluding hydrogens is 354 g/mol. The van der Waals surface area contributed by atoms with Crippen molar-refractivity contribution in [2.24, 2.45) is 5.73 Å². The van der Waals surface area contributed by atoms with Crippen LogP contribution in [0.1, 0.15) is 22.8 Å². The summed E-state index contributed by atoms with van der Waals surface area (Å²) >= 11 is 0. The summed E-state index contributed by atoms with van der Waals surface area (Å²) in [6.45, 7) is 1.62. The highest BCUT2D eigenvalue weighted by molar-refractivity contribution is 5.98. The van der Waals surface area contributed by atoms with Crippen molar-refractivity contribution in [2.75, 3.05) is 5.32 Å². The van der Waals surface area contributed by atoms with E-state index in [1.807, 2.05) is 42.5 Å². The first-order valence-corrected chi connectivity index (χ1v) is 8.91. The summed E-state index contributed by atoms with van der Waals surface area (Å²) in [6.07, 6.45) is 0.187. The maximum absolute atomic E-state index is 12.4. The molecule has 0 heterocycles. The molecular formula is C22H21N3O3. The molecule has 3 aromatic carbocycles. The molecule has 1 atom stereocenters. The zero-order valence-corrected chi connectivity index (χ0v) is 15.4. The molecule has 0 aromatic heterocycles. The quantitative estimate of drug-likeness (QED) is 0.617. The van der Waals surface area contributed by atoms with Gasteiger partial charge in [-0.1, -0.05) is 42.5 Å². The Hall–Kier alpha value is -3.67. The minimum absolute atomic E-state index is 0.187. The molecule has 3 amide bonds. The van der Waals surface area contributed by atoms with E-state index in [-0.39, 0.29) is 18.2 Å². The van der Waals surface area contributed by atoms with E-state index >= 15 is 0 Å². The molecule has 0 spiro atoms. The van der Waals surface area contributed by atoms with Crippen molar-refractivity contribution in [1.82, 2.24) is 5.32 Å². The number of nitrogens with one attached hydrogen (secondary N) is 2. The van der Waals surface area contributed by atoms with Crippen molar-refractivity contribution >= 4 is 34.2 Å². The molecule has 142 valence electrons. The normalized spacial score (nSPS) is 11.6. The number of hydrogen-bond acceptors (Lipinski definition) is 3. The summed E-state index contributed by atoms with van der Waals surface area (Å²) in [6, 6.07) is 19.2. The number of amides is 3. The van der Waals surface area contributed by atoms with Gasteiger partial charge in [-0.05, 0) is 47.5 Å². The monoisotopic (exact) mass is 375 g/mol. The molecule has 4 N–H and O–H groups in total. The van der Waals surface area contributed by atoms with Gasteiger partial charge in [0.25, 0.3) is 0 Å². The van der Waals surface area contributed by atoms with Crippen LogP contribution < -0.4 is 16.4 Å². The third-order valence-corrected chi connectivity index (χ3v) is 4.44. The lowest BCUT2D eigenvalue weighted by Gasteiger charge is -2.15. The van der Waals surface area contributed by atoms with Crippen LogP contribution in [0.3, 0.4) is 0 Å². The van der Waals surface area contributed by atoms with Gasteiger partial charge in [-0.3, -0.25) is 14.4 Å². The van der Waals surface area contributed by atoms with Crippen LogP contribution in [-0.4, -0.2) is 23.8 Å². The highest BCUT2D eigenvalue weighted by Gasteiger charge is 2.16. The number of carbonyl (C=O) groups is 3. The minimum atomic E-state index is -0.710. The van der Waals surface area contributed by atoms with Gasteiger partial charge < -0.3 is 16.4 Å². The minimum Gasteiger partial charge on any atom is -0.366 e. The second-order valence-corrected chi connectivity index (χ2v) is 6.54. The van der Waals surface area contributed by atoms with Gasteiger partial charge in [-0.2, -0.15) is 0 Å². The number of fused-ring (bicyclic) bond motifs is 1. The Kier molecular flexibility index (Phi) is 5.69. The van der Waals surface area contributed by atoms with Gasteiger partial charge >= 0.3 is 0 Å². The summed E-state index contributed by atoms with van der Waals surface area (Å²) in [5.74, 6) is -1.12. The second-order valence-electron chi connectivity index (χ2n) is 6.54. The molecule has 3 aromatic rings. The van der Waals surface area contributed by atoms with Gasteiger partial charge in [0.2, 0.25) is 17.7 Å². The van der Waals surface area contributed by atoms with Crippen molar-refractivity contribution in [3.05, 3.63) is 77.9 Å². The van der Waals surface area contributed by atoms with E-state index in [9.17, 15) is 14.4 Å². The second kappa shape index (κ2) is 8.35. The van der Waals surface area contributed by atoms with Crippen LogP contribution in [0.5, 0.6) is 0 Å². The van der Waals surface area contributed by atoms with Crippen LogP contribution in [0.2, 0.25) is 0 Å². The molecule has 1 unspecified atom stereocenters. The molecule has 0 bridgehead atoms. The molecule has 3 rings (SSSR count). The third kappa shape index (κ3) is 4.54. The maximum Gasteiger partial charge on any atom is 0.248 e. The number of benzene rings is 3. The molecule has 0 aliphatic rings. The van der Waals surface area contributed by atoms with Crippen LogP contribution in [0.25, 0.3) is 10.8 Å². The lowest BCUT2D eigenvalue weighted by Crippen LogP contribution is -2.42. The van der Waals surface area contributed by atoms with E-state index in [2.05, 4.69) is 10.6 Å². The van der Waals surface area contributed by atoms with Crippen molar-refractivity contribution in [3.8, 4) is 0 Å². The third-order valence-electron chi connectivity index (χ3n) is 4.44. The van der Waals surface area contributed by atoms with E-state index < -0.39 is 11.9 Å². The standard InChI is InChI=1S/C22H21N3O3/c1-14(22(28)25-18-11-9-16(10-12-18)21(23)27)24-20(26)13-17-7-4-6-15-5-2-3-8-19(15)17/h2-12,14H,13H2,1H3,(H2,23,27)(H,24,26)(H,25,28). The summed E-state index contributed by atoms with van der Waals surface area (Å²) in [7, 11) is 0. The largest absolute Gasteiger partial charge is 0.366 e. The number of carbonyl (C=O) groups excluding carboxylic acids is 3. The van der Waals surface area contributed by atoms with E-state index in [1.54, 1.807) is 19.1 Å². The Morgan fingerprint density at radius 3 is 2.32 bits per heavy atom. The van der Waals surface area contributed by atoms with E-state index in [0.717, 1.165) is 16.3 Å². The Morgan fingerprint density at radius 1 is 0.929 bits per heavy atom. The van der Waals surface area contributed by atoms with Gasteiger partial charge in [-0.15, -0.1) is 0 Å². The molecule has 0 radical (unpaired) electrons. The average Bonchev–Trinajstić information content (AvgIpc) is 2.68. The van der Waals surface area contributed by atoms with Crippen LogP contribution in [-0.2, 0) is 16.0 Å². The summed E-state index contributed by atoms with van der Waals surface area (Å²) in [4.78, 5) is 35.8. The van der Waals surface area contributed by atoms with Crippen molar-refractivity contribution in [3.63, 3.8) is 0 Å². The SMILES string of the molecule is CC(NC(=O)Cc1cccc2ccccc12)C(=O)Nc1ccc(C(N)=O)cc1. The highest BCUT2D eigenvalue weighted by atomic mass is 16.2. The van der Waals surface area contributed by atoms with Gasteiger partial charge in [0, 0.05) is 11.3 Å². The van der Waals surface area contributed by atoms with Crippen molar-refractivity contribution < 1.29 is 14.4 Å². The molecule has 0 fully saturated rings. The van der Waals surface area contributed by atoms with E-state index in [1.165, 1.54) is 12.1 Å². The first-order chi connectivity index (χ1) is 13.4. The average molecular weight is 375 g/mol. The first-order valence-electron chi connectivity index (χ1n) is 8.91. The number of anilines is 1. The van der Waals surface area contributed by atoms with Gasteiger partial charge in [0.1, 0.15) is 6.04 Å². The van der Waals surface area contributed by atoms with Gasteiger partial charge in [0.15, 0.2) is 0 Å². The number of rotatable bonds is 6. The van der Waals surface area contributed by atoms with Crippen LogP contribution in [0.15, 0.2) is 66.7 Å². The Morgan fingerprint density at radius 2 is 1.61 bits per heavy atom. The smallest absolute Gasteiger partial charge is 0.248 e. The zero-order chi connectivity index (χ0) is 20.1. The number of nitrogens with two attached hydrogens (primary N) is 1. The summed E-state index contributed by atoms with van der Waals surface area (Å²) < 4.78 is 0. The Labute approximate surface area is 162 Å². The fourth-order valence-corrected chi connectivity index (χ4v) is 2.95. The van der Waals surface area contributed by atoms with Crippen molar-refractivity contribution in [1.29, 1.82) is 0 Å². The van der Waals surface area contributed by atoms with Gasteiger partial charge in [-0.25, -0.2) is 0 Å². The summed E-state index contributed by atoms with van der Waals surface area (Å²) in [5.41, 5.74) is 6.97. The van der Waals surface area contributed by atoms with E-state index in [0.29, 0.717) is 11.3 Å². The molecule has 0 aliphatic carbocycles. The molecule has 28 heavy (non-hydrogen) atoms. The predicted octanol–water partition coefficient (Wildman–Crippen LogP) is 2.62. The fraction of sp³-hybridized carbons (Fsp3) is 0.136. The molecule has 0 saturated heterocycles. The maximum atomic E-state index is 12.4. The van der Waals surface area contributed by atoms with Crippen LogP contribution >= 0.6 is 0 Å². The predicted molar refractivity (Wildman–Crippen MR) is 109 cm³/mol. The molecule has 0 saturated carbocycles. The fourth-order valence-electron chi connectivity index (χ4n) is 2.95. The van der Waals surface area contributed by atoms with Crippen LogP contribution in [0, 0.1) is 0 Å². The lowest BCUT2D eigenvalue weighted by atomic mass is 10.0. The van der Waals surface area contributed by atoms with Crippen LogP contribution in [0.4, 0.5) is 5.69 Å². The topological polar surface area (TPSA) is 101 Å². The lowest BCUT2D eigenvalue weighted by molar-refractivity contribution is -0.125. The Bertz CT molecular complexity index is 1020. The molecule has 6 nitrogen and oxygen atoms in total. The number of hydrogen-bond donors (Lipinski definition) is 3. The summed E-state index contributed by atoms with van der Waals surface area (Å²) in [5, 5.41) is 7.51. The molecule has 6 heteroatoms.